The van der Waals surface area contributed by atoms with Crippen molar-refractivity contribution in [1.82, 2.24) is 15.0 Å². The zero-order valence-electron chi connectivity index (χ0n) is 9.76. The van der Waals surface area contributed by atoms with Gasteiger partial charge in [0.1, 0.15) is 0 Å². The van der Waals surface area contributed by atoms with Crippen molar-refractivity contribution in [3.8, 4) is 11.8 Å². The first kappa shape index (κ1) is 12.5. The van der Waals surface area contributed by atoms with Crippen molar-refractivity contribution >= 4 is 17.5 Å². The molecule has 0 aliphatic carbocycles. The van der Waals surface area contributed by atoms with Gasteiger partial charge in [-0.3, -0.25) is 0 Å². The van der Waals surface area contributed by atoms with E-state index in [0.717, 1.165) is 0 Å². The van der Waals surface area contributed by atoms with E-state index in [4.69, 9.17) is 16.3 Å². The van der Waals surface area contributed by atoms with E-state index >= 15 is 0 Å². The maximum atomic E-state index is 13.4. The molecule has 2 rings (SSSR count). The molecule has 0 bridgehead atoms. The lowest BCUT2D eigenvalue weighted by Gasteiger charge is -2.11. The zero-order valence-corrected chi connectivity index (χ0v) is 10.5. The van der Waals surface area contributed by atoms with E-state index in [1.165, 1.54) is 12.1 Å². The summed E-state index contributed by atoms with van der Waals surface area (Å²) < 4.78 is 18.6. The van der Waals surface area contributed by atoms with Crippen LogP contribution in [-0.2, 0) is 0 Å². The van der Waals surface area contributed by atoms with Crippen LogP contribution in [0.5, 0.6) is 11.8 Å². The van der Waals surface area contributed by atoms with Crippen LogP contribution in [0.25, 0.3) is 0 Å². The van der Waals surface area contributed by atoms with Gasteiger partial charge in [0, 0.05) is 14.1 Å². The maximum Gasteiger partial charge on any atom is 0.328 e. The Morgan fingerprint density at radius 3 is 2.56 bits per heavy atom. The molecule has 7 heteroatoms. The van der Waals surface area contributed by atoms with Crippen molar-refractivity contribution in [2.24, 2.45) is 0 Å². The normalized spacial score (nSPS) is 10.2. The summed E-state index contributed by atoms with van der Waals surface area (Å²) in [6.07, 6.45) is 0. The minimum atomic E-state index is -0.500. The van der Waals surface area contributed by atoms with Crippen molar-refractivity contribution in [3.05, 3.63) is 35.4 Å². The molecule has 0 spiro atoms. The van der Waals surface area contributed by atoms with E-state index in [1.807, 2.05) is 0 Å². The van der Waals surface area contributed by atoms with Gasteiger partial charge in [0.05, 0.1) is 0 Å². The van der Waals surface area contributed by atoms with E-state index in [9.17, 15) is 4.39 Å². The first-order chi connectivity index (χ1) is 8.56. The Bertz CT molecular complexity index is 564. The molecule has 18 heavy (non-hydrogen) atoms. The molecule has 0 saturated carbocycles. The van der Waals surface area contributed by atoms with Crippen LogP contribution in [0.3, 0.4) is 0 Å². The fraction of sp³-hybridized carbons (Fsp3) is 0.182. The summed E-state index contributed by atoms with van der Waals surface area (Å²) in [7, 11) is 3.50. The molecule has 0 amide bonds. The standard InChI is InChI=1S/C11H10ClFN4O/c1-17(2)10-14-9(12)15-11(16-10)18-8-6-4-3-5-7(8)13/h3-6H,1-2H3. The fourth-order valence-electron chi connectivity index (χ4n) is 1.19. The summed E-state index contributed by atoms with van der Waals surface area (Å²) in [4.78, 5) is 13.3. The van der Waals surface area contributed by atoms with Gasteiger partial charge < -0.3 is 9.64 Å². The first-order valence-corrected chi connectivity index (χ1v) is 5.45. The Morgan fingerprint density at radius 2 is 1.89 bits per heavy atom. The van der Waals surface area contributed by atoms with Crippen LogP contribution >= 0.6 is 11.6 Å². The Balaban J connectivity index is 2.32. The van der Waals surface area contributed by atoms with Crippen molar-refractivity contribution < 1.29 is 9.13 Å². The number of ether oxygens (including phenoxy) is 1. The molecule has 1 aromatic carbocycles. The van der Waals surface area contributed by atoms with Crippen LogP contribution in [0.2, 0.25) is 5.28 Å². The van der Waals surface area contributed by atoms with Gasteiger partial charge in [-0.05, 0) is 23.7 Å². The monoisotopic (exact) mass is 268 g/mol. The largest absolute Gasteiger partial charge is 0.421 e. The molecule has 0 N–H and O–H groups in total. The van der Waals surface area contributed by atoms with E-state index in [1.54, 1.807) is 31.1 Å². The smallest absolute Gasteiger partial charge is 0.328 e. The summed E-state index contributed by atoms with van der Waals surface area (Å²) in [5.41, 5.74) is 0. The van der Waals surface area contributed by atoms with Crippen molar-refractivity contribution in [3.63, 3.8) is 0 Å². The number of benzene rings is 1. The number of rotatable bonds is 3. The lowest BCUT2D eigenvalue weighted by molar-refractivity contribution is 0.409. The Labute approximate surface area is 108 Å². The molecule has 0 unspecified atom stereocenters. The van der Waals surface area contributed by atoms with E-state index < -0.39 is 5.82 Å². The highest BCUT2D eigenvalue weighted by atomic mass is 35.5. The van der Waals surface area contributed by atoms with Gasteiger partial charge in [-0.15, -0.1) is 0 Å². The molecule has 1 heterocycles. The fourth-order valence-corrected chi connectivity index (χ4v) is 1.34. The number of para-hydroxylation sites is 1. The van der Waals surface area contributed by atoms with Crippen molar-refractivity contribution in [2.45, 2.75) is 0 Å². The van der Waals surface area contributed by atoms with Gasteiger partial charge in [0.2, 0.25) is 11.2 Å². The first-order valence-electron chi connectivity index (χ1n) is 5.07. The van der Waals surface area contributed by atoms with Crippen LogP contribution in [0.15, 0.2) is 24.3 Å². The average Bonchev–Trinajstić information content (AvgIpc) is 2.31. The van der Waals surface area contributed by atoms with E-state index in [2.05, 4.69) is 15.0 Å². The molecule has 5 nitrogen and oxygen atoms in total. The molecule has 0 aliphatic heterocycles. The highest BCUT2D eigenvalue weighted by molar-refractivity contribution is 6.28. The molecule has 0 aliphatic rings. The van der Waals surface area contributed by atoms with Crippen LogP contribution in [0.4, 0.5) is 10.3 Å². The van der Waals surface area contributed by atoms with Gasteiger partial charge in [-0.2, -0.15) is 15.0 Å². The second-order valence-electron chi connectivity index (χ2n) is 3.61. The molecule has 2 aromatic rings. The lowest BCUT2D eigenvalue weighted by atomic mass is 10.3. The minimum Gasteiger partial charge on any atom is -0.421 e. The molecule has 0 saturated heterocycles. The quantitative estimate of drug-likeness (QED) is 0.856. The molecule has 1 aromatic heterocycles. The number of anilines is 1. The highest BCUT2D eigenvalue weighted by Gasteiger charge is 2.10. The third-order valence-electron chi connectivity index (χ3n) is 2.01. The number of hydrogen-bond acceptors (Lipinski definition) is 5. The molecule has 0 radical (unpaired) electrons. The summed E-state index contributed by atoms with van der Waals surface area (Å²) in [5, 5.41) is -0.0139. The molecular formula is C11H10ClFN4O. The Hall–Kier alpha value is -1.95. The molecule has 94 valence electrons. The molecule has 0 atom stereocenters. The second-order valence-corrected chi connectivity index (χ2v) is 3.95. The SMILES string of the molecule is CN(C)c1nc(Cl)nc(Oc2ccccc2F)n1. The van der Waals surface area contributed by atoms with E-state index in [-0.39, 0.29) is 17.0 Å². The van der Waals surface area contributed by atoms with Crippen LogP contribution in [-0.4, -0.2) is 29.0 Å². The molecular weight excluding hydrogens is 259 g/mol. The Morgan fingerprint density at radius 1 is 1.17 bits per heavy atom. The van der Waals surface area contributed by atoms with Crippen LogP contribution in [0.1, 0.15) is 0 Å². The van der Waals surface area contributed by atoms with Gasteiger partial charge in [-0.1, -0.05) is 12.1 Å². The summed E-state index contributed by atoms with van der Waals surface area (Å²) >= 11 is 5.74. The predicted molar refractivity (Wildman–Crippen MR) is 65.6 cm³/mol. The third-order valence-corrected chi connectivity index (χ3v) is 2.18. The number of hydrogen-bond donors (Lipinski definition) is 0. The third kappa shape index (κ3) is 2.84. The van der Waals surface area contributed by atoms with Crippen LogP contribution in [0, 0.1) is 5.82 Å². The Kier molecular flexibility index (Phi) is 3.57. The zero-order chi connectivity index (χ0) is 13.1. The molecule has 0 fully saturated rings. The highest BCUT2D eigenvalue weighted by Crippen LogP contribution is 2.22. The summed E-state index contributed by atoms with van der Waals surface area (Å²) in [6, 6.07) is 5.92. The summed E-state index contributed by atoms with van der Waals surface area (Å²) in [5.74, 6) is -0.133. The van der Waals surface area contributed by atoms with Crippen molar-refractivity contribution in [1.29, 1.82) is 0 Å². The van der Waals surface area contributed by atoms with Gasteiger partial charge in [-0.25, -0.2) is 4.39 Å². The number of nitrogens with zero attached hydrogens (tertiary/aromatic N) is 4. The topological polar surface area (TPSA) is 51.1 Å². The second kappa shape index (κ2) is 5.14. The lowest BCUT2D eigenvalue weighted by Crippen LogP contribution is -2.13. The van der Waals surface area contributed by atoms with Crippen LogP contribution < -0.4 is 9.64 Å². The predicted octanol–water partition coefficient (Wildman–Crippen LogP) is 2.52. The number of aromatic nitrogens is 3. The van der Waals surface area contributed by atoms with Gasteiger partial charge in [0.15, 0.2) is 11.6 Å². The average molecular weight is 269 g/mol. The van der Waals surface area contributed by atoms with Crippen molar-refractivity contribution in [2.75, 3.05) is 19.0 Å². The summed E-state index contributed by atoms with van der Waals surface area (Å²) in [6.45, 7) is 0. The van der Waals surface area contributed by atoms with E-state index in [0.29, 0.717) is 5.95 Å². The minimum absolute atomic E-state index is 0.0139. The van der Waals surface area contributed by atoms with Gasteiger partial charge in [0.25, 0.3) is 0 Å². The maximum absolute atomic E-state index is 13.4. The number of halogens is 2. The van der Waals surface area contributed by atoms with Gasteiger partial charge >= 0.3 is 6.01 Å².